The molecule has 0 spiro atoms. The van der Waals surface area contributed by atoms with Gasteiger partial charge in [0.25, 0.3) is 0 Å². The lowest BCUT2D eigenvalue weighted by molar-refractivity contribution is -0.137. The van der Waals surface area contributed by atoms with Gasteiger partial charge in [-0.15, -0.1) is 0 Å². The third-order valence-electron chi connectivity index (χ3n) is 1.87. The molecule has 2 N–H and O–H groups in total. The minimum atomic E-state index is -1.09. The highest BCUT2D eigenvalue weighted by molar-refractivity contribution is 6.39. The Morgan fingerprint density at radius 3 is 2.17 bits per heavy atom. The second-order valence-electron chi connectivity index (χ2n) is 4.79. The van der Waals surface area contributed by atoms with Crippen molar-refractivity contribution in [2.24, 2.45) is 0 Å². The van der Waals surface area contributed by atoms with Crippen LogP contribution in [0.4, 0.5) is 14.5 Å². The molecule has 1 rings (SSSR count). The zero-order valence-corrected chi connectivity index (χ0v) is 10.3. The van der Waals surface area contributed by atoms with E-state index in [-0.39, 0.29) is 5.69 Å². The molecule has 98 valence electrons. The fourth-order valence-corrected chi connectivity index (χ4v) is 1.16. The summed E-state index contributed by atoms with van der Waals surface area (Å²) in [6, 6.07) is 2.84. The molecule has 0 saturated heterocycles. The van der Waals surface area contributed by atoms with Gasteiger partial charge in [0.2, 0.25) is 0 Å². The Labute approximate surface area is 103 Å². The topological polar surface area (TPSA) is 58.2 Å². The van der Waals surface area contributed by atoms with E-state index < -0.39 is 29.0 Å². The average Bonchev–Trinajstić information content (AvgIpc) is 2.21. The smallest absolute Gasteiger partial charge is 0.313 e. The minimum Gasteiger partial charge on any atom is -0.343 e. The molecule has 0 heterocycles. The first-order valence-corrected chi connectivity index (χ1v) is 5.27. The highest BCUT2D eigenvalue weighted by Gasteiger charge is 2.20. The first-order chi connectivity index (χ1) is 8.19. The van der Waals surface area contributed by atoms with E-state index in [0.29, 0.717) is 0 Å². The summed E-state index contributed by atoms with van der Waals surface area (Å²) in [7, 11) is 0. The molecule has 0 fully saturated rings. The maximum absolute atomic E-state index is 12.9. The molecule has 1 aromatic carbocycles. The number of halogens is 2. The van der Waals surface area contributed by atoms with Gasteiger partial charge in [-0.1, -0.05) is 0 Å². The normalized spacial score (nSPS) is 10.9. The van der Waals surface area contributed by atoms with Crippen molar-refractivity contribution < 1.29 is 18.4 Å². The summed E-state index contributed by atoms with van der Waals surface area (Å²) in [6.07, 6.45) is 0. The number of carbonyl (C=O) groups is 2. The molecule has 0 bridgehead atoms. The fourth-order valence-electron chi connectivity index (χ4n) is 1.16. The highest BCUT2D eigenvalue weighted by Crippen LogP contribution is 2.13. The first kappa shape index (κ1) is 14.1. The minimum absolute atomic E-state index is 0.0166. The zero-order chi connectivity index (χ0) is 13.9. The Morgan fingerprint density at radius 2 is 1.67 bits per heavy atom. The van der Waals surface area contributed by atoms with Crippen LogP contribution in [0.25, 0.3) is 0 Å². The van der Waals surface area contributed by atoms with Crippen LogP contribution in [-0.4, -0.2) is 17.4 Å². The number of rotatable bonds is 1. The van der Waals surface area contributed by atoms with Crippen molar-refractivity contribution in [3.8, 4) is 0 Å². The van der Waals surface area contributed by atoms with Gasteiger partial charge in [0.15, 0.2) is 11.6 Å². The number of hydrogen-bond acceptors (Lipinski definition) is 2. The van der Waals surface area contributed by atoms with Crippen LogP contribution in [0, 0.1) is 11.6 Å². The van der Waals surface area contributed by atoms with Crippen molar-refractivity contribution in [3.63, 3.8) is 0 Å². The Balaban J connectivity index is 2.70. The number of carbonyl (C=O) groups excluding carboxylic acids is 2. The Morgan fingerprint density at radius 1 is 1.06 bits per heavy atom. The van der Waals surface area contributed by atoms with E-state index in [4.69, 9.17) is 0 Å². The van der Waals surface area contributed by atoms with Gasteiger partial charge >= 0.3 is 11.8 Å². The average molecular weight is 256 g/mol. The van der Waals surface area contributed by atoms with E-state index in [9.17, 15) is 18.4 Å². The second kappa shape index (κ2) is 5.12. The van der Waals surface area contributed by atoms with E-state index in [0.717, 1.165) is 12.1 Å². The van der Waals surface area contributed by atoms with Crippen LogP contribution in [0.15, 0.2) is 18.2 Å². The molecule has 2 amide bonds. The van der Waals surface area contributed by atoms with Gasteiger partial charge in [-0.3, -0.25) is 9.59 Å². The number of hydrogen-bond donors (Lipinski definition) is 2. The summed E-state index contributed by atoms with van der Waals surface area (Å²) in [5.74, 6) is -3.89. The van der Waals surface area contributed by atoms with Gasteiger partial charge in [-0.25, -0.2) is 8.78 Å². The van der Waals surface area contributed by atoms with Crippen molar-refractivity contribution in [2.45, 2.75) is 26.3 Å². The zero-order valence-electron chi connectivity index (χ0n) is 10.3. The quantitative estimate of drug-likeness (QED) is 0.753. The number of anilines is 1. The standard InChI is InChI=1S/C12H14F2N2O2/c1-12(2,3)16-11(18)10(17)15-7-4-5-8(13)9(14)6-7/h4-6H,1-3H3,(H,15,17)(H,16,18). The molecule has 18 heavy (non-hydrogen) atoms. The second-order valence-corrected chi connectivity index (χ2v) is 4.79. The van der Waals surface area contributed by atoms with Gasteiger partial charge < -0.3 is 10.6 Å². The van der Waals surface area contributed by atoms with Crippen LogP contribution in [-0.2, 0) is 9.59 Å². The lowest BCUT2D eigenvalue weighted by Gasteiger charge is -2.19. The summed E-state index contributed by atoms with van der Waals surface area (Å²) in [6.45, 7) is 5.15. The van der Waals surface area contributed by atoms with E-state index in [1.807, 2.05) is 0 Å². The molecule has 6 heteroatoms. The van der Waals surface area contributed by atoms with Gasteiger partial charge in [0.05, 0.1) is 0 Å². The predicted octanol–water partition coefficient (Wildman–Crippen LogP) is 1.82. The number of nitrogens with one attached hydrogen (secondary N) is 2. The maximum Gasteiger partial charge on any atom is 0.313 e. The monoisotopic (exact) mass is 256 g/mol. The molecular formula is C12H14F2N2O2. The highest BCUT2D eigenvalue weighted by atomic mass is 19.2. The number of benzene rings is 1. The third kappa shape index (κ3) is 4.12. The van der Waals surface area contributed by atoms with Gasteiger partial charge in [-0.2, -0.15) is 0 Å². The van der Waals surface area contributed by atoms with Crippen LogP contribution in [0.5, 0.6) is 0 Å². The molecule has 0 unspecified atom stereocenters. The lowest BCUT2D eigenvalue weighted by atomic mass is 10.1. The summed E-state index contributed by atoms with van der Waals surface area (Å²) in [4.78, 5) is 22.9. The Kier molecular flexibility index (Phi) is 4.00. The molecule has 0 aliphatic rings. The van der Waals surface area contributed by atoms with Crippen molar-refractivity contribution >= 4 is 17.5 Å². The fraction of sp³-hybridized carbons (Fsp3) is 0.333. The van der Waals surface area contributed by atoms with Crippen molar-refractivity contribution in [2.75, 3.05) is 5.32 Å². The molecule has 0 aromatic heterocycles. The summed E-state index contributed by atoms with van der Waals surface area (Å²) >= 11 is 0. The van der Waals surface area contributed by atoms with Crippen molar-refractivity contribution in [1.29, 1.82) is 0 Å². The maximum atomic E-state index is 12.9. The predicted molar refractivity (Wildman–Crippen MR) is 62.9 cm³/mol. The van der Waals surface area contributed by atoms with Crippen LogP contribution in [0.2, 0.25) is 0 Å². The Hall–Kier alpha value is -1.98. The SMILES string of the molecule is CC(C)(C)NC(=O)C(=O)Nc1ccc(F)c(F)c1. The largest absolute Gasteiger partial charge is 0.343 e. The molecule has 0 aliphatic carbocycles. The van der Waals surface area contributed by atoms with Crippen molar-refractivity contribution in [3.05, 3.63) is 29.8 Å². The Bertz CT molecular complexity index is 481. The lowest BCUT2D eigenvalue weighted by Crippen LogP contribution is -2.46. The van der Waals surface area contributed by atoms with Crippen LogP contribution in [0.1, 0.15) is 20.8 Å². The van der Waals surface area contributed by atoms with Crippen molar-refractivity contribution in [1.82, 2.24) is 5.32 Å². The summed E-state index contributed by atoms with van der Waals surface area (Å²) in [5, 5.41) is 4.62. The first-order valence-electron chi connectivity index (χ1n) is 5.27. The van der Waals surface area contributed by atoms with Crippen LogP contribution < -0.4 is 10.6 Å². The summed E-state index contributed by atoms with van der Waals surface area (Å²) < 4.78 is 25.5. The third-order valence-corrected chi connectivity index (χ3v) is 1.87. The molecule has 1 aromatic rings. The molecule has 0 saturated carbocycles. The molecular weight excluding hydrogens is 242 g/mol. The van der Waals surface area contributed by atoms with E-state index >= 15 is 0 Å². The van der Waals surface area contributed by atoms with E-state index in [2.05, 4.69) is 10.6 Å². The number of amides is 2. The molecule has 4 nitrogen and oxygen atoms in total. The van der Waals surface area contributed by atoms with Gasteiger partial charge in [0.1, 0.15) is 0 Å². The van der Waals surface area contributed by atoms with Crippen LogP contribution >= 0.6 is 0 Å². The van der Waals surface area contributed by atoms with Gasteiger partial charge in [0, 0.05) is 17.3 Å². The molecule has 0 radical (unpaired) electrons. The molecule has 0 aliphatic heterocycles. The molecule has 0 atom stereocenters. The van der Waals surface area contributed by atoms with Crippen LogP contribution in [0.3, 0.4) is 0 Å². The summed E-state index contributed by atoms with van der Waals surface area (Å²) in [5.41, 5.74) is -0.536. The van der Waals surface area contributed by atoms with E-state index in [1.165, 1.54) is 6.07 Å². The van der Waals surface area contributed by atoms with Gasteiger partial charge in [-0.05, 0) is 32.9 Å². The van der Waals surface area contributed by atoms with E-state index in [1.54, 1.807) is 20.8 Å².